The third kappa shape index (κ3) is 26.2. The number of anilines is 3. The van der Waals surface area contributed by atoms with Crippen molar-refractivity contribution in [2.24, 2.45) is 0 Å². The molecule has 0 aliphatic heterocycles. The Bertz CT molecular complexity index is 3050. The van der Waals surface area contributed by atoms with Crippen LogP contribution in [-0.4, -0.2) is 366 Å². The van der Waals surface area contributed by atoms with E-state index in [1.165, 1.54) is 0 Å². The number of nitrogens with zero attached hydrogens (tertiary/aromatic N) is 9. The Morgan fingerprint density at radius 2 is 0.402 bits per heavy atom. The van der Waals surface area contributed by atoms with E-state index >= 15 is 0 Å². The molecule has 0 saturated carbocycles. The second kappa shape index (κ2) is 49.0. The molecular formula is C64H88I9N9O25. The van der Waals surface area contributed by atoms with Crippen molar-refractivity contribution in [2.45, 2.75) is 63.9 Å². The number of rotatable bonds is 45. The summed E-state index contributed by atoms with van der Waals surface area (Å²) in [5.41, 5.74) is -4.48. The largest absolute Gasteiger partial charge is 0.395 e. The lowest BCUT2D eigenvalue weighted by molar-refractivity contribution is -0.117. The van der Waals surface area contributed by atoms with Crippen molar-refractivity contribution in [1.29, 1.82) is 0 Å². The zero-order chi connectivity index (χ0) is 81.2. The van der Waals surface area contributed by atoms with E-state index < -0.39 is 195 Å². The lowest BCUT2D eigenvalue weighted by Gasteiger charge is -2.38. The van der Waals surface area contributed by atoms with Gasteiger partial charge in [-0.15, -0.1) is 0 Å². The highest BCUT2D eigenvalue weighted by molar-refractivity contribution is 14.1. The number of carbonyl (C=O) groups is 9. The van der Waals surface area contributed by atoms with Crippen LogP contribution in [0.25, 0.3) is 0 Å². The molecule has 0 saturated heterocycles. The van der Waals surface area contributed by atoms with Crippen molar-refractivity contribution in [3.63, 3.8) is 0 Å². The molecular weight excluding hydrogens is 2440 g/mol. The maximum absolute atomic E-state index is 14.7. The van der Waals surface area contributed by atoms with Gasteiger partial charge in [0.1, 0.15) is 0 Å². The lowest BCUT2D eigenvalue weighted by atomic mass is 9.84. The molecule has 0 radical (unpaired) electrons. The predicted octanol–water partition coefficient (Wildman–Crippen LogP) is -0.868. The van der Waals surface area contributed by atoms with Gasteiger partial charge in [0, 0.05) is 129 Å². The molecule has 3 atom stereocenters. The van der Waals surface area contributed by atoms with Gasteiger partial charge in [-0.1, -0.05) is 0 Å². The summed E-state index contributed by atoms with van der Waals surface area (Å²) < 4.78 is -0.0485. The first-order valence-electron chi connectivity index (χ1n) is 32.8. The fourth-order valence-corrected chi connectivity index (χ4v) is 25.6. The van der Waals surface area contributed by atoms with Crippen LogP contribution in [0.4, 0.5) is 17.1 Å². The molecule has 0 bridgehead atoms. The number of aliphatic hydroxyl groups is 16. The normalized spacial score (nSPS) is 12.8. The van der Waals surface area contributed by atoms with E-state index in [2.05, 4.69) is 0 Å². The number of benzene rings is 3. The summed E-state index contributed by atoms with van der Waals surface area (Å²) in [7, 11) is 0. The highest BCUT2D eigenvalue weighted by Gasteiger charge is 2.43. The third-order valence-corrected chi connectivity index (χ3v) is 25.8. The number of aliphatic hydroxyl groups excluding tert-OH is 15. The maximum Gasteiger partial charge on any atom is 0.256 e. The van der Waals surface area contributed by atoms with Crippen LogP contribution in [0.1, 0.15) is 102 Å². The molecule has 3 unspecified atom stereocenters. The van der Waals surface area contributed by atoms with Gasteiger partial charge in [0.05, 0.1) is 195 Å². The van der Waals surface area contributed by atoms with Crippen molar-refractivity contribution in [3.8, 4) is 0 Å². The number of hydrogen-bond donors (Lipinski definition) is 16. The highest BCUT2D eigenvalue weighted by Crippen LogP contribution is 2.44. The third-order valence-electron chi connectivity index (χ3n) is 16.3. The van der Waals surface area contributed by atoms with Gasteiger partial charge in [-0.25, -0.2) is 0 Å². The Labute approximate surface area is 740 Å². The van der Waals surface area contributed by atoms with Gasteiger partial charge in [0.2, 0.25) is 17.7 Å². The molecule has 0 aliphatic carbocycles. The smallest absolute Gasteiger partial charge is 0.256 e. The van der Waals surface area contributed by atoms with Gasteiger partial charge in [0.15, 0.2) is 0 Å². The van der Waals surface area contributed by atoms with Gasteiger partial charge >= 0.3 is 0 Å². The van der Waals surface area contributed by atoms with E-state index in [4.69, 9.17) is 0 Å². The van der Waals surface area contributed by atoms with Gasteiger partial charge in [-0.3, -0.25) is 43.2 Å². The number of halogens is 9. The summed E-state index contributed by atoms with van der Waals surface area (Å²) in [6.07, 6.45) is -8.86. The molecule has 3 rings (SSSR count). The monoisotopic (exact) mass is 2520 g/mol. The van der Waals surface area contributed by atoms with Gasteiger partial charge in [-0.2, -0.15) is 0 Å². The van der Waals surface area contributed by atoms with E-state index in [1.54, 1.807) is 203 Å². The van der Waals surface area contributed by atoms with E-state index in [0.717, 1.165) is 64.9 Å². The minimum atomic E-state index is -2.66. The summed E-state index contributed by atoms with van der Waals surface area (Å²) in [5.74, 6) is -7.57. The van der Waals surface area contributed by atoms with Crippen LogP contribution in [0.15, 0.2) is 0 Å². The van der Waals surface area contributed by atoms with E-state index in [0.29, 0.717) is 0 Å². The quantitative estimate of drug-likeness (QED) is 0.0306. The molecule has 0 spiro atoms. The second-order valence-electron chi connectivity index (χ2n) is 23.7. The Morgan fingerprint density at radius 1 is 0.271 bits per heavy atom. The van der Waals surface area contributed by atoms with Gasteiger partial charge in [-0.05, 0) is 203 Å². The first kappa shape index (κ1) is 100. The molecule has 0 aliphatic rings. The van der Waals surface area contributed by atoms with Crippen LogP contribution in [0.5, 0.6) is 0 Å². The lowest BCUT2D eigenvalue weighted by Crippen LogP contribution is -2.49. The molecule has 602 valence electrons. The topological polar surface area (TPSA) is 506 Å². The molecule has 0 heterocycles. The van der Waals surface area contributed by atoms with Crippen molar-refractivity contribution in [3.05, 3.63) is 65.5 Å². The van der Waals surface area contributed by atoms with Crippen LogP contribution < -0.4 is 14.7 Å². The van der Waals surface area contributed by atoms with Crippen molar-refractivity contribution < 1.29 is 125 Å². The SMILES string of the molecule is CC(=O)N(CC(O)CC(O)(CC(O)CN(C(C)=O)c1c(I)c(C(=O)N(CCO)CCO)c(I)c(C(=O)N(CCO)CCO)c1I)CC(O)CN(C(C)=O)c1c(I)c(C(=O)N(CCO)CCO)c(I)c(C(=O)N(CCO)CCO)c1I)c1c(I)c(C(=O)N(CCO)CCO)c(I)c(C(=O)N(CCO)CCO)c1I. The summed E-state index contributed by atoms with van der Waals surface area (Å²) in [6, 6.07) is 0. The molecule has 3 aromatic rings. The predicted molar refractivity (Wildman–Crippen MR) is 465 cm³/mol. The van der Waals surface area contributed by atoms with Crippen LogP contribution in [0, 0.1) is 32.1 Å². The zero-order valence-corrected chi connectivity index (χ0v) is 77.6. The Hall–Kier alpha value is -1.18. The summed E-state index contributed by atoms with van der Waals surface area (Å²) in [6.45, 7) is -10.1. The minimum Gasteiger partial charge on any atom is -0.395 e. The summed E-state index contributed by atoms with van der Waals surface area (Å²) >= 11 is 15.7. The fourth-order valence-electron chi connectivity index (χ4n) is 11.6. The standard InChI is InChI=1S/C64H88I9N9O25/c1-34(95)80(55-49(68)40(58(101)74(4-16-83)5-17-84)46(65)41(50(55)69)59(102)75(6-18-85)7-19-86)31-37(98)28-64(107,29-38(99)32-81(35(2)96)56-51(70)42(60(103)76(8-20-87)9-21-88)47(66)43(52(56)71)61(104)77(10-22-89)11-23-90)30-39(100)33-82(36(3)97)57-53(72)44(62(105)78(12-24-91)13-25-92)48(67)45(54(57)73)63(106)79(14-26-93)15-27-94/h37-39,83-94,98-100,107H,4-33H2,1-3H3. The van der Waals surface area contributed by atoms with Gasteiger partial charge < -0.3 is 126 Å². The van der Waals surface area contributed by atoms with Gasteiger partial charge in [0.25, 0.3) is 35.4 Å². The molecule has 43 heteroatoms. The van der Waals surface area contributed by atoms with Crippen LogP contribution in [0.2, 0.25) is 0 Å². The first-order valence-corrected chi connectivity index (χ1v) is 42.5. The Morgan fingerprint density at radius 3 is 0.514 bits per heavy atom. The van der Waals surface area contributed by atoms with Crippen molar-refractivity contribution in [1.82, 2.24) is 29.4 Å². The Balaban J connectivity index is 2.61. The molecule has 0 fully saturated rings. The highest BCUT2D eigenvalue weighted by atomic mass is 127. The molecule has 0 aromatic heterocycles. The minimum absolute atomic E-state index is 0.00417. The molecule has 34 nitrogen and oxygen atoms in total. The van der Waals surface area contributed by atoms with Crippen molar-refractivity contribution >= 4 is 274 Å². The van der Waals surface area contributed by atoms with Crippen LogP contribution in [-0.2, 0) is 14.4 Å². The summed E-state index contributed by atoms with van der Waals surface area (Å²) in [5, 5.41) is 172. The number of carbonyl (C=O) groups excluding carboxylic acids is 9. The van der Waals surface area contributed by atoms with E-state index in [9.17, 15) is 125 Å². The second-order valence-corrected chi connectivity index (χ2v) is 33.5. The first-order chi connectivity index (χ1) is 50.5. The number of hydrogen-bond acceptors (Lipinski definition) is 25. The zero-order valence-electron chi connectivity index (χ0n) is 58.2. The average molecular weight is 2530 g/mol. The van der Waals surface area contributed by atoms with E-state index in [-0.39, 0.29) is 161 Å². The van der Waals surface area contributed by atoms with Crippen molar-refractivity contribution in [2.75, 3.05) is 192 Å². The van der Waals surface area contributed by atoms with Crippen LogP contribution >= 0.6 is 203 Å². The molecule has 107 heavy (non-hydrogen) atoms. The number of amides is 9. The average Bonchev–Trinajstić information content (AvgIpc) is 0.762. The van der Waals surface area contributed by atoms with E-state index in [1.807, 2.05) is 0 Å². The van der Waals surface area contributed by atoms with Crippen LogP contribution in [0.3, 0.4) is 0 Å². The maximum atomic E-state index is 14.7. The fraction of sp³-hybridized carbons (Fsp3) is 0.578. The molecule has 16 N–H and O–H groups in total. The summed E-state index contributed by atoms with van der Waals surface area (Å²) in [4.78, 5) is 141. The molecule has 9 amide bonds. The molecule has 3 aromatic carbocycles. The Kier molecular flexibility index (Phi) is 45.8.